The lowest BCUT2D eigenvalue weighted by atomic mass is 9.71. The van der Waals surface area contributed by atoms with Crippen LogP contribution in [0.25, 0.3) is 0 Å². The fraction of sp³-hybridized carbons (Fsp3) is 0.280. The third kappa shape index (κ3) is 3.85. The Balaban J connectivity index is 1.78. The van der Waals surface area contributed by atoms with Gasteiger partial charge in [-0.25, -0.2) is 9.18 Å². The molecule has 2 aromatic carbocycles. The van der Waals surface area contributed by atoms with Crippen molar-refractivity contribution in [3.05, 3.63) is 88.0 Å². The number of hydrogen-bond donors (Lipinski definition) is 1. The van der Waals surface area contributed by atoms with Gasteiger partial charge in [0.1, 0.15) is 11.6 Å². The Hall–Kier alpha value is -3.41. The number of rotatable bonds is 4. The van der Waals surface area contributed by atoms with Gasteiger partial charge < -0.3 is 14.8 Å². The Morgan fingerprint density at radius 1 is 1.06 bits per heavy atom. The quantitative estimate of drug-likeness (QED) is 0.743. The molecular weight excluding hydrogens is 397 g/mol. The van der Waals surface area contributed by atoms with Crippen LogP contribution in [0.4, 0.5) is 4.39 Å². The van der Waals surface area contributed by atoms with E-state index in [1.165, 1.54) is 19.2 Å². The summed E-state index contributed by atoms with van der Waals surface area (Å²) in [4.78, 5) is 26.0. The zero-order chi connectivity index (χ0) is 22.1. The molecule has 1 aliphatic carbocycles. The highest BCUT2D eigenvalue weighted by Crippen LogP contribution is 2.45. The SMILES string of the molecule is COC(=O)C1=C(C)NC2=C(C(=O)C[C@H](c3ccc(OC)cc3)C2)[C@@H]1c1cccc(F)c1. The van der Waals surface area contributed by atoms with Crippen molar-refractivity contribution in [3.8, 4) is 5.75 Å². The average Bonchev–Trinajstić information content (AvgIpc) is 2.77. The second-order valence-corrected chi connectivity index (χ2v) is 7.84. The summed E-state index contributed by atoms with van der Waals surface area (Å²) in [5, 5.41) is 3.27. The van der Waals surface area contributed by atoms with Crippen LogP contribution in [0, 0.1) is 5.82 Å². The first-order chi connectivity index (χ1) is 14.9. The van der Waals surface area contributed by atoms with Crippen LogP contribution in [0.2, 0.25) is 0 Å². The number of methoxy groups -OCH3 is 2. The maximum atomic E-state index is 14.0. The third-order valence-electron chi connectivity index (χ3n) is 6.00. The lowest BCUT2D eigenvalue weighted by Gasteiger charge is -2.36. The van der Waals surface area contributed by atoms with Crippen LogP contribution >= 0.6 is 0 Å². The van der Waals surface area contributed by atoms with Crippen molar-refractivity contribution < 1.29 is 23.5 Å². The molecule has 6 heteroatoms. The smallest absolute Gasteiger partial charge is 0.336 e. The monoisotopic (exact) mass is 421 g/mol. The largest absolute Gasteiger partial charge is 0.497 e. The average molecular weight is 421 g/mol. The maximum Gasteiger partial charge on any atom is 0.336 e. The summed E-state index contributed by atoms with van der Waals surface area (Å²) in [7, 11) is 2.92. The van der Waals surface area contributed by atoms with Crippen molar-refractivity contribution in [2.75, 3.05) is 14.2 Å². The summed E-state index contributed by atoms with van der Waals surface area (Å²) in [6.45, 7) is 1.78. The molecule has 5 nitrogen and oxygen atoms in total. The number of carbonyl (C=O) groups excluding carboxylic acids is 2. The van der Waals surface area contributed by atoms with Gasteiger partial charge in [-0.1, -0.05) is 24.3 Å². The van der Waals surface area contributed by atoms with Crippen LogP contribution in [0.15, 0.2) is 71.1 Å². The fourth-order valence-electron chi connectivity index (χ4n) is 4.55. The number of ketones is 1. The zero-order valence-electron chi connectivity index (χ0n) is 17.7. The minimum Gasteiger partial charge on any atom is -0.497 e. The summed E-state index contributed by atoms with van der Waals surface area (Å²) in [5.41, 5.74) is 3.85. The molecule has 0 fully saturated rings. The van der Waals surface area contributed by atoms with Crippen LogP contribution in [0.1, 0.15) is 42.7 Å². The van der Waals surface area contributed by atoms with Gasteiger partial charge >= 0.3 is 5.97 Å². The van der Waals surface area contributed by atoms with E-state index in [2.05, 4.69) is 5.32 Å². The standard InChI is InChI=1S/C25H24FNO4/c1-14-22(25(29)31-3)23(16-5-4-6-18(26)11-16)24-20(27-14)12-17(13-21(24)28)15-7-9-19(30-2)10-8-15/h4-11,17,23,27H,12-13H2,1-3H3/t17-,23-/m1/s1. The molecule has 4 rings (SSSR count). The first kappa shape index (κ1) is 20.8. The van der Waals surface area contributed by atoms with E-state index in [0.717, 1.165) is 17.0 Å². The molecule has 0 saturated heterocycles. The van der Waals surface area contributed by atoms with Crippen LogP contribution in [0.3, 0.4) is 0 Å². The topological polar surface area (TPSA) is 64.6 Å². The highest BCUT2D eigenvalue weighted by atomic mass is 19.1. The number of carbonyl (C=O) groups is 2. The molecule has 0 radical (unpaired) electrons. The molecule has 1 N–H and O–H groups in total. The van der Waals surface area contributed by atoms with Crippen molar-refractivity contribution in [2.45, 2.75) is 31.6 Å². The molecule has 0 bridgehead atoms. The van der Waals surface area contributed by atoms with E-state index in [1.807, 2.05) is 24.3 Å². The second-order valence-electron chi connectivity index (χ2n) is 7.84. The van der Waals surface area contributed by atoms with Gasteiger partial charge in [-0.3, -0.25) is 4.79 Å². The Bertz CT molecular complexity index is 1100. The lowest BCUT2D eigenvalue weighted by molar-refractivity contribution is -0.136. The molecule has 0 spiro atoms. The van der Waals surface area contributed by atoms with E-state index >= 15 is 0 Å². The summed E-state index contributed by atoms with van der Waals surface area (Å²) >= 11 is 0. The van der Waals surface area contributed by atoms with Crippen LogP contribution in [-0.4, -0.2) is 26.0 Å². The number of allylic oxidation sites excluding steroid dienone is 3. The molecule has 1 heterocycles. The fourth-order valence-corrected chi connectivity index (χ4v) is 4.55. The predicted octanol–water partition coefficient (Wildman–Crippen LogP) is 4.37. The summed E-state index contributed by atoms with van der Waals surface area (Å²) in [6.07, 6.45) is 0.928. The summed E-state index contributed by atoms with van der Waals surface area (Å²) in [6, 6.07) is 13.8. The van der Waals surface area contributed by atoms with Crippen molar-refractivity contribution in [3.63, 3.8) is 0 Å². The molecule has 0 amide bonds. The summed E-state index contributed by atoms with van der Waals surface area (Å²) < 4.78 is 24.3. The number of hydrogen-bond acceptors (Lipinski definition) is 5. The first-order valence-electron chi connectivity index (χ1n) is 10.1. The van der Waals surface area contributed by atoms with Gasteiger partial charge in [0.15, 0.2) is 5.78 Å². The van der Waals surface area contributed by atoms with Gasteiger partial charge in [-0.05, 0) is 54.7 Å². The Labute approximate surface area is 180 Å². The molecule has 0 saturated carbocycles. The van der Waals surface area contributed by atoms with E-state index in [4.69, 9.17) is 9.47 Å². The van der Waals surface area contributed by atoms with Crippen molar-refractivity contribution in [1.29, 1.82) is 0 Å². The minimum absolute atomic E-state index is 0.00490. The van der Waals surface area contributed by atoms with Gasteiger partial charge in [0.05, 0.1) is 19.8 Å². The third-order valence-corrected chi connectivity index (χ3v) is 6.00. The number of benzene rings is 2. The number of dihydropyridines is 1. The van der Waals surface area contributed by atoms with E-state index in [1.54, 1.807) is 26.2 Å². The number of Topliss-reactive ketones (excluding diaryl/α,β-unsaturated/α-hetero) is 1. The number of ether oxygens (including phenoxy) is 2. The Morgan fingerprint density at radius 2 is 1.81 bits per heavy atom. The molecule has 0 aromatic heterocycles. The first-order valence-corrected chi connectivity index (χ1v) is 10.1. The minimum atomic E-state index is -0.663. The molecule has 2 aliphatic rings. The van der Waals surface area contributed by atoms with E-state index in [-0.39, 0.29) is 11.7 Å². The lowest BCUT2D eigenvalue weighted by Crippen LogP contribution is -2.36. The zero-order valence-corrected chi connectivity index (χ0v) is 17.7. The molecular formula is C25H24FNO4. The second kappa shape index (κ2) is 8.38. The molecule has 1 aliphatic heterocycles. The van der Waals surface area contributed by atoms with Gasteiger partial charge in [0, 0.05) is 29.3 Å². The van der Waals surface area contributed by atoms with Gasteiger partial charge in [-0.2, -0.15) is 0 Å². The van der Waals surface area contributed by atoms with Crippen LogP contribution < -0.4 is 10.1 Å². The van der Waals surface area contributed by atoms with Crippen LogP contribution in [-0.2, 0) is 14.3 Å². The maximum absolute atomic E-state index is 14.0. The van der Waals surface area contributed by atoms with Crippen molar-refractivity contribution in [1.82, 2.24) is 5.32 Å². The van der Waals surface area contributed by atoms with Gasteiger partial charge in [0.25, 0.3) is 0 Å². The Morgan fingerprint density at radius 3 is 2.45 bits per heavy atom. The van der Waals surface area contributed by atoms with Crippen LogP contribution in [0.5, 0.6) is 5.75 Å². The number of nitrogens with one attached hydrogen (secondary N) is 1. The number of halogens is 1. The molecule has 2 aromatic rings. The molecule has 160 valence electrons. The predicted molar refractivity (Wildman–Crippen MR) is 114 cm³/mol. The Kier molecular flexibility index (Phi) is 5.63. The van der Waals surface area contributed by atoms with E-state index < -0.39 is 17.7 Å². The normalized spacial score (nSPS) is 20.8. The van der Waals surface area contributed by atoms with Crippen molar-refractivity contribution >= 4 is 11.8 Å². The number of esters is 1. The highest BCUT2D eigenvalue weighted by Gasteiger charge is 2.41. The molecule has 31 heavy (non-hydrogen) atoms. The highest BCUT2D eigenvalue weighted by molar-refractivity contribution is 6.04. The molecule has 0 unspecified atom stereocenters. The van der Waals surface area contributed by atoms with Gasteiger partial charge in [-0.15, -0.1) is 0 Å². The van der Waals surface area contributed by atoms with Crippen molar-refractivity contribution in [2.24, 2.45) is 0 Å². The molecule has 2 atom stereocenters. The van der Waals surface area contributed by atoms with E-state index in [0.29, 0.717) is 35.2 Å². The van der Waals surface area contributed by atoms with E-state index in [9.17, 15) is 14.0 Å². The van der Waals surface area contributed by atoms with Gasteiger partial charge in [0.2, 0.25) is 0 Å². The summed E-state index contributed by atoms with van der Waals surface area (Å²) in [5.74, 6) is -0.906.